The van der Waals surface area contributed by atoms with E-state index in [1.54, 1.807) is 6.20 Å². The zero-order valence-corrected chi connectivity index (χ0v) is 11.9. The van der Waals surface area contributed by atoms with Gasteiger partial charge in [0.2, 0.25) is 0 Å². The molecule has 19 heavy (non-hydrogen) atoms. The van der Waals surface area contributed by atoms with E-state index in [0.717, 1.165) is 34.1 Å². The zero-order chi connectivity index (χ0) is 13.2. The lowest BCUT2D eigenvalue weighted by Gasteiger charge is -2.15. The molecule has 0 saturated carbocycles. The number of halogens is 1. The van der Waals surface area contributed by atoms with Crippen molar-refractivity contribution in [2.75, 3.05) is 6.54 Å². The van der Waals surface area contributed by atoms with Crippen LogP contribution in [-0.4, -0.2) is 22.3 Å². The van der Waals surface area contributed by atoms with Crippen molar-refractivity contribution in [2.24, 2.45) is 0 Å². The van der Waals surface area contributed by atoms with E-state index < -0.39 is 0 Å². The zero-order valence-electron chi connectivity index (χ0n) is 10.3. The Bertz CT molecular complexity index is 613. The second-order valence-electron chi connectivity index (χ2n) is 4.64. The van der Waals surface area contributed by atoms with Crippen molar-refractivity contribution in [1.29, 1.82) is 0 Å². The van der Waals surface area contributed by atoms with Crippen molar-refractivity contribution in [3.8, 4) is 0 Å². The fourth-order valence-corrected chi connectivity index (χ4v) is 2.75. The van der Waals surface area contributed by atoms with Gasteiger partial charge in [-0.25, -0.2) is 0 Å². The molecule has 96 valence electrons. The normalized spacial score (nSPS) is 13.7. The molecule has 1 aromatic heterocycles. The van der Waals surface area contributed by atoms with E-state index in [4.69, 9.17) is 0 Å². The molecule has 1 amide bonds. The van der Waals surface area contributed by atoms with Crippen molar-refractivity contribution in [1.82, 2.24) is 9.88 Å². The maximum Gasteiger partial charge on any atom is 0.254 e. The summed E-state index contributed by atoms with van der Waals surface area (Å²) in [5.74, 6) is 0.131. The largest absolute Gasteiger partial charge is 0.334 e. The molecule has 0 fully saturated rings. The average molecular weight is 317 g/mol. The molecule has 0 unspecified atom stereocenters. The number of carbonyl (C=O) groups is 1. The second kappa shape index (κ2) is 5.13. The van der Waals surface area contributed by atoms with Gasteiger partial charge in [0.15, 0.2) is 0 Å². The molecule has 2 heterocycles. The molecule has 0 bridgehead atoms. The maximum absolute atomic E-state index is 12.2. The van der Waals surface area contributed by atoms with E-state index in [1.165, 1.54) is 0 Å². The van der Waals surface area contributed by atoms with E-state index in [2.05, 4.69) is 20.9 Å². The van der Waals surface area contributed by atoms with Gasteiger partial charge in [0.25, 0.3) is 5.91 Å². The Morgan fingerprint density at radius 2 is 2.21 bits per heavy atom. The number of hydrogen-bond donors (Lipinski definition) is 0. The Balaban J connectivity index is 1.70. The summed E-state index contributed by atoms with van der Waals surface area (Å²) in [5, 5.41) is 0. The second-order valence-corrected chi connectivity index (χ2v) is 5.56. The summed E-state index contributed by atoms with van der Waals surface area (Å²) in [7, 11) is 0. The van der Waals surface area contributed by atoms with Gasteiger partial charge in [0.1, 0.15) is 0 Å². The summed E-state index contributed by atoms with van der Waals surface area (Å²) in [4.78, 5) is 18.2. The van der Waals surface area contributed by atoms with Gasteiger partial charge >= 0.3 is 0 Å². The molecule has 1 aromatic carbocycles. The molecule has 0 radical (unpaired) electrons. The molecular formula is C15H13BrN2O. The monoisotopic (exact) mass is 316 g/mol. The first-order chi connectivity index (χ1) is 9.24. The van der Waals surface area contributed by atoms with Crippen molar-refractivity contribution in [3.63, 3.8) is 0 Å². The number of hydrogen-bond acceptors (Lipinski definition) is 2. The highest BCUT2D eigenvalue weighted by atomic mass is 79.9. The molecule has 0 atom stereocenters. The Morgan fingerprint density at radius 1 is 1.32 bits per heavy atom. The molecule has 0 spiro atoms. The number of rotatable bonds is 3. The van der Waals surface area contributed by atoms with Crippen LogP contribution in [0.15, 0.2) is 47.2 Å². The van der Waals surface area contributed by atoms with E-state index in [0.29, 0.717) is 6.54 Å². The van der Waals surface area contributed by atoms with Gasteiger partial charge in [-0.1, -0.05) is 22.0 Å². The first kappa shape index (κ1) is 12.4. The third kappa shape index (κ3) is 2.54. The van der Waals surface area contributed by atoms with Gasteiger partial charge in [-0.15, -0.1) is 0 Å². The Labute approximate surface area is 120 Å². The van der Waals surface area contributed by atoms with Crippen LogP contribution >= 0.6 is 15.9 Å². The van der Waals surface area contributed by atoms with Gasteiger partial charge < -0.3 is 4.90 Å². The SMILES string of the molecule is O=C1c2ccc(Br)cc2CN1CCc1cccnc1. The molecule has 2 aromatic rings. The van der Waals surface area contributed by atoms with Crippen molar-refractivity contribution in [2.45, 2.75) is 13.0 Å². The molecule has 1 aliphatic heterocycles. The van der Waals surface area contributed by atoms with Crippen LogP contribution in [0, 0.1) is 0 Å². The number of fused-ring (bicyclic) bond motifs is 1. The summed E-state index contributed by atoms with van der Waals surface area (Å²) >= 11 is 3.44. The van der Waals surface area contributed by atoms with Crippen LogP contribution in [0.5, 0.6) is 0 Å². The van der Waals surface area contributed by atoms with Crippen LogP contribution in [-0.2, 0) is 13.0 Å². The number of amides is 1. The van der Waals surface area contributed by atoms with Gasteiger partial charge in [-0.3, -0.25) is 9.78 Å². The molecular weight excluding hydrogens is 304 g/mol. The van der Waals surface area contributed by atoms with Crippen LogP contribution in [0.25, 0.3) is 0 Å². The lowest BCUT2D eigenvalue weighted by atomic mass is 10.1. The van der Waals surface area contributed by atoms with E-state index in [-0.39, 0.29) is 5.91 Å². The highest BCUT2D eigenvalue weighted by Gasteiger charge is 2.26. The summed E-state index contributed by atoms with van der Waals surface area (Å²) in [6, 6.07) is 9.80. The van der Waals surface area contributed by atoms with Crippen molar-refractivity contribution in [3.05, 3.63) is 63.9 Å². The molecule has 0 aliphatic carbocycles. The average Bonchev–Trinajstić information content (AvgIpc) is 2.74. The van der Waals surface area contributed by atoms with Crippen molar-refractivity contribution >= 4 is 21.8 Å². The van der Waals surface area contributed by atoms with E-state index in [1.807, 2.05) is 41.4 Å². The molecule has 0 saturated heterocycles. The first-order valence-electron chi connectivity index (χ1n) is 6.20. The molecule has 4 heteroatoms. The summed E-state index contributed by atoms with van der Waals surface area (Å²) in [6.45, 7) is 1.44. The topological polar surface area (TPSA) is 33.2 Å². The maximum atomic E-state index is 12.2. The third-order valence-electron chi connectivity index (χ3n) is 3.34. The fourth-order valence-electron chi connectivity index (χ4n) is 2.34. The number of aromatic nitrogens is 1. The summed E-state index contributed by atoms with van der Waals surface area (Å²) < 4.78 is 1.02. The molecule has 3 nitrogen and oxygen atoms in total. The quantitative estimate of drug-likeness (QED) is 0.872. The van der Waals surface area contributed by atoms with Gasteiger partial charge in [0, 0.05) is 35.5 Å². The molecule has 1 aliphatic rings. The Hall–Kier alpha value is -1.68. The predicted octanol–water partition coefficient (Wildman–Crippen LogP) is 3.04. The third-order valence-corrected chi connectivity index (χ3v) is 3.83. The predicted molar refractivity (Wildman–Crippen MR) is 76.8 cm³/mol. The van der Waals surface area contributed by atoms with E-state index >= 15 is 0 Å². The minimum atomic E-state index is 0.131. The van der Waals surface area contributed by atoms with Crippen LogP contribution in [0.2, 0.25) is 0 Å². The van der Waals surface area contributed by atoms with Gasteiger partial charge in [-0.05, 0) is 41.8 Å². The molecule has 0 N–H and O–H groups in total. The highest BCUT2D eigenvalue weighted by molar-refractivity contribution is 9.10. The fraction of sp³-hybridized carbons (Fsp3) is 0.200. The van der Waals surface area contributed by atoms with Gasteiger partial charge in [0.05, 0.1) is 0 Å². The van der Waals surface area contributed by atoms with Crippen LogP contribution in [0.1, 0.15) is 21.5 Å². The van der Waals surface area contributed by atoms with E-state index in [9.17, 15) is 4.79 Å². The standard InChI is InChI=1S/C15H13BrN2O/c16-13-3-4-14-12(8-13)10-18(15(14)19)7-5-11-2-1-6-17-9-11/h1-4,6,8-9H,5,7,10H2. The number of pyridine rings is 1. The number of benzene rings is 1. The van der Waals surface area contributed by atoms with Crippen LogP contribution in [0.3, 0.4) is 0 Å². The van der Waals surface area contributed by atoms with Crippen LogP contribution < -0.4 is 0 Å². The number of nitrogens with zero attached hydrogens (tertiary/aromatic N) is 2. The van der Waals surface area contributed by atoms with Crippen LogP contribution in [0.4, 0.5) is 0 Å². The molecule has 3 rings (SSSR count). The minimum Gasteiger partial charge on any atom is -0.334 e. The smallest absolute Gasteiger partial charge is 0.254 e. The number of carbonyl (C=O) groups excluding carboxylic acids is 1. The first-order valence-corrected chi connectivity index (χ1v) is 7.00. The Morgan fingerprint density at radius 3 is 3.00 bits per heavy atom. The lowest BCUT2D eigenvalue weighted by molar-refractivity contribution is 0.0780. The lowest BCUT2D eigenvalue weighted by Crippen LogP contribution is -2.26. The highest BCUT2D eigenvalue weighted by Crippen LogP contribution is 2.25. The van der Waals surface area contributed by atoms with Gasteiger partial charge in [-0.2, -0.15) is 0 Å². The summed E-state index contributed by atoms with van der Waals surface area (Å²) in [5.41, 5.74) is 3.09. The summed E-state index contributed by atoms with van der Waals surface area (Å²) in [6.07, 6.45) is 4.46. The van der Waals surface area contributed by atoms with Crippen molar-refractivity contribution < 1.29 is 4.79 Å². The Kier molecular flexibility index (Phi) is 3.34. The minimum absolute atomic E-state index is 0.131.